The van der Waals surface area contributed by atoms with Crippen LogP contribution in [0.15, 0.2) is 0 Å². The van der Waals surface area contributed by atoms with Gasteiger partial charge in [-0.3, -0.25) is 4.79 Å². The molecule has 0 bridgehead atoms. The molecule has 1 saturated carbocycles. The molecule has 3 heteroatoms. The zero-order valence-electron chi connectivity index (χ0n) is 11.4. The van der Waals surface area contributed by atoms with E-state index in [4.69, 9.17) is 0 Å². The van der Waals surface area contributed by atoms with Gasteiger partial charge in [0.05, 0.1) is 6.04 Å². The summed E-state index contributed by atoms with van der Waals surface area (Å²) in [6.07, 6.45) is 10.3. The minimum Gasteiger partial charge on any atom is -0.341 e. The molecule has 3 fully saturated rings. The summed E-state index contributed by atoms with van der Waals surface area (Å²) in [5, 5.41) is 3.40. The molecule has 18 heavy (non-hydrogen) atoms. The Balaban J connectivity index is 1.57. The Morgan fingerprint density at radius 2 is 1.72 bits per heavy atom. The zero-order chi connectivity index (χ0) is 12.4. The van der Waals surface area contributed by atoms with Crippen molar-refractivity contribution in [3.05, 3.63) is 0 Å². The highest BCUT2D eigenvalue weighted by atomic mass is 16.2. The molecule has 0 radical (unpaired) electrons. The predicted octanol–water partition coefficient (Wildman–Crippen LogP) is 2.17. The van der Waals surface area contributed by atoms with Crippen LogP contribution in [0.3, 0.4) is 0 Å². The number of likely N-dealkylation sites (tertiary alicyclic amines) is 1. The molecular weight excluding hydrogens is 224 g/mol. The maximum absolute atomic E-state index is 12.5. The van der Waals surface area contributed by atoms with Gasteiger partial charge < -0.3 is 10.2 Å². The van der Waals surface area contributed by atoms with Crippen LogP contribution >= 0.6 is 0 Å². The normalized spacial score (nSPS) is 37.1. The average Bonchev–Trinajstić information content (AvgIpc) is 2.47. The molecule has 3 rings (SSSR count). The summed E-state index contributed by atoms with van der Waals surface area (Å²) in [5.41, 5.74) is 0. The topological polar surface area (TPSA) is 32.3 Å². The van der Waals surface area contributed by atoms with Crippen LogP contribution in [-0.2, 0) is 4.79 Å². The number of carbonyl (C=O) groups excluding carboxylic acids is 1. The van der Waals surface area contributed by atoms with Gasteiger partial charge >= 0.3 is 0 Å². The predicted molar refractivity (Wildman–Crippen MR) is 72.3 cm³/mol. The number of nitrogens with one attached hydrogen (secondary N) is 1. The van der Waals surface area contributed by atoms with Crippen molar-refractivity contribution in [3.63, 3.8) is 0 Å². The molecular formula is C15H26N2O. The lowest BCUT2D eigenvalue weighted by molar-refractivity contribution is -0.137. The maximum atomic E-state index is 12.5. The molecule has 0 aromatic heterocycles. The smallest absolute Gasteiger partial charge is 0.239 e. The lowest BCUT2D eigenvalue weighted by atomic mass is 9.75. The largest absolute Gasteiger partial charge is 0.341 e. The van der Waals surface area contributed by atoms with Gasteiger partial charge in [-0.25, -0.2) is 0 Å². The SMILES string of the molecule is O=C(C1CCCCN1)N1CCC2CCCCC2C1. The highest BCUT2D eigenvalue weighted by Crippen LogP contribution is 2.36. The lowest BCUT2D eigenvalue weighted by Gasteiger charge is -2.42. The number of fused-ring (bicyclic) bond motifs is 1. The van der Waals surface area contributed by atoms with Gasteiger partial charge in [-0.15, -0.1) is 0 Å². The van der Waals surface area contributed by atoms with Gasteiger partial charge in [0.15, 0.2) is 0 Å². The molecule has 0 aromatic rings. The molecule has 2 heterocycles. The summed E-state index contributed by atoms with van der Waals surface area (Å²) < 4.78 is 0. The second kappa shape index (κ2) is 5.60. The van der Waals surface area contributed by atoms with Crippen LogP contribution in [0.1, 0.15) is 51.4 Å². The van der Waals surface area contributed by atoms with Gasteiger partial charge in [0, 0.05) is 13.1 Å². The minimum atomic E-state index is 0.124. The Morgan fingerprint density at radius 3 is 2.50 bits per heavy atom. The Labute approximate surface area is 110 Å². The van der Waals surface area contributed by atoms with E-state index in [0.29, 0.717) is 5.91 Å². The van der Waals surface area contributed by atoms with Crippen molar-refractivity contribution in [2.75, 3.05) is 19.6 Å². The van der Waals surface area contributed by atoms with Crippen molar-refractivity contribution in [1.82, 2.24) is 10.2 Å². The molecule has 2 saturated heterocycles. The minimum absolute atomic E-state index is 0.124. The maximum Gasteiger partial charge on any atom is 0.239 e. The monoisotopic (exact) mass is 250 g/mol. The first-order valence-corrected chi connectivity index (χ1v) is 7.87. The van der Waals surface area contributed by atoms with Crippen molar-refractivity contribution in [3.8, 4) is 0 Å². The Bertz CT molecular complexity index is 299. The first-order valence-electron chi connectivity index (χ1n) is 7.87. The fourth-order valence-corrected chi connectivity index (χ4v) is 4.08. The van der Waals surface area contributed by atoms with Crippen molar-refractivity contribution in [2.24, 2.45) is 11.8 Å². The third-order valence-electron chi connectivity index (χ3n) is 5.21. The Morgan fingerprint density at radius 1 is 0.944 bits per heavy atom. The van der Waals surface area contributed by atoms with E-state index < -0.39 is 0 Å². The third-order valence-corrected chi connectivity index (χ3v) is 5.21. The molecule has 0 aromatic carbocycles. The van der Waals surface area contributed by atoms with Crippen molar-refractivity contribution in [1.29, 1.82) is 0 Å². The third kappa shape index (κ3) is 2.56. The van der Waals surface area contributed by atoms with E-state index in [1.165, 1.54) is 44.9 Å². The van der Waals surface area contributed by atoms with Gasteiger partial charge in [-0.05, 0) is 44.1 Å². The highest BCUT2D eigenvalue weighted by molar-refractivity contribution is 5.82. The van der Waals surface area contributed by atoms with Crippen LogP contribution in [0.2, 0.25) is 0 Å². The van der Waals surface area contributed by atoms with E-state index in [1.807, 2.05) is 0 Å². The number of hydrogen-bond donors (Lipinski definition) is 1. The highest BCUT2D eigenvalue weighted by Gasteiger charge is 2.35. The second-order valence-corrected chi connectivity index (χ2v) is 6.38. The molecule has 3 unspecified atom stereocenters. The Hall–Kier alpha value is -0.570. The fourth-order valence-electron chi connectivity index (χ4n) is 4.08. The van der Waals surface area contributed by atoms with Crippen molar-refractivity contribution >= 4 is 5.91 Å². The van der Waals surface area contributed by atoms with Crippen LogP contribution in [-0.4, -0.2) is 36.5 Å². The van der Waals surface area contributed by atoms with E-state index in [9.17, 15) is 4.79 Å². The standard InChI is InChI=1S/C15H26N2O/c18-15(14-7-3-4-9-16-14)17-10-8-12-5-1-2-6-13(12)11-17/h12-14,16H,1-11H2. The van der Waals surface area contributed by atoms with Crippen molar-refractivity contribution < 1.29 is 4.79 Å². The summed E-state index contributed by atoms with van der Waals surface area (Å²) in [6, 6.07) is 0.124. The van der Waals surface area contributed by atoms with Crippen LogP contribution in [0.4, 0.5) is 0 Å². The Kier molecular flexibility index (Phi) is 3.88. The number of piperidine rings is 2. The molecule has 3 atom stereocenters. The van der Waals surface area contributed by atoms with E-state index in [1.54, 1.807) is 0 Å². The quantitative estimate of drug-likeness (QED) is 0.773. The van der Waals surface area contributed by atoms with Crippen molar-refractivity contribution in [2.45, 2.75) is 57.4 Å². The molecule has 102 valence electrons. The molecule has 2 aliphatic heterocycles. The van der Waals surface area contributed by atoms with E-state index >= 15 is 0 Å². The van der Waals surface area contributed by atoms with E-state index in [0.717, 1.165) is 37.9 Å². The van der Waals surface area contributed by atoms with Crippen LogP contribution in [0.5, 0.6) is 0 Å². The number of carbonyl (C=O) groups is 1. The van der Waals surface area contributed by atoms with Gasteiger partial charge in [0.2, 0.25) is 5.91 Å². The van der Waals surface area contributed by atoms with Gasteiger partial charge in [0.25, 0.3) is 0 Å². The summed E-state index contributed by atoms with van der Waals surface area (Å²) >= 11 is 0. The summed E-state index contributed by atoms with van der Waals surface area (Å²) in [4.78, 5) is 14.7. The first-order chi connectivity index (χ1) is 8.84. The lowest BCUT2D eigenvalue weighted by Crippen LogP contribution is -2.53. The van der Waals surface area contributed by atoms with E-state index in [-0.39, 0.29) is 6.04 Å². The summed E-state index contributed by atoms with van der Waals surface area (Å²) in [5.74, 6) is 2.11. The van der Waals surface area contributed by atoms with Gasteiger partial charge in [-0.2, -0.15) is 0 Å². The first kappa shape index (κ1) is 12.5. The number of hydrogen-bond acceptors (Lipinski definition) is 2. The molecule has 1 N–H and O–H groups in total. The number of nitrogens with zero attached hydrogens (tertiary/aromatic N) is 1. The molecule has 1 aliphatic carbocycles. The second-order valence-electron chi connectivity index (χ2n) is 6.38. The zero-order valence-corrected chi connectivity index (χ0v) is 11.4. The average molecular weight is 250 g/mol. The van der Waals surface area contributed by atoms with Gasteiger partial charge in [0.1, 0.15) is 0 Å². The molecule has 1 amide bonds. The molecule has 3 aliphatic rings. The molecule has 3 nitrogen and oxygen atoms in total. The van der Waals surface area contributed by atoms with E-state index in [2.05, 4.69) is 10.2 Å². The molecule has 0 spiro atoms. The number of rotatable bonds is 1. The van der Waals surface area contributed by atoms with Crippen LogP contribution in [0, 0.1) is 11.8 Å². The number of amides is 1. The van der Waals surface area contributed by atoms with Crippen LogP contribution < -0.4 is 5.32 Å². The van der Waals surface area contributed by atoms with Crippen LogP contribution in [0.25, 0.3) is 0 Å². The van der Waals surface area contributed by atoms with Gasteiger partial charge in [-0.1, -0.05) is 25.7 Å². The summed E-state index contributed by atoms with van der Waals surface area (Å²) in [6.45, 7) is 3.08. The summed E-state index contributed by atoms with van der Waals surface area (Å²) in [7, 11) is 0. The fraction of sp³-hybridized carbons (Fsp3) is 0.933.